The molecule has 0 saturated heterocycles. The highest BCUT2D eigenvalue weighted by molar-refractivity contribution is 7.89. The van der Waals surface area contributed by atoms with Crippen molar-refractivity contribution in [3.63, 3.8) is 0 Å². The van der Waals surface area contributed by atoms with Gasteiger partial charge in [0.25, 0.3) is 0 Å². The van der Waals surface area contributed by atoms with Gasteiger partial charge in [-0.2, -0.15) is 4.31 Å². The molecule has 1 aliphatic rings. The molecule has 6 nitrogen and oxygen atoms in total. The Labute approximate surface area is 188 Å². The summed E-state index contributed by atoms with van der Waals surface area (Å²) in [6, 6.07) is 18.2. The van der Waals surface area contributed by atoms with Gasteiger partial charge in [0.1, 0.15) is 5.76 Å². The summed E-state index contributed by atoms with van der Waals surface area (Å²) in [7, 11) is -1.94. The molecule has 0 bridgehead atoms. The van der Waals surface area contributed by atoms with Gasteiger partial charge >= 0.3 is 5.97 Å². The van der Waals surface area contributed by atoms with Crippen LogP contribution in [0.2, 0.25) is 0 Å². The van der Waals surface area contributed by atoms with E-state index in [-0.39, 0.29) is 23.7 Å². The van der Waals surface area contributed by atoms with Gasteiger partial charge in [-0.15, -0.1) is 0 Å². The van der Waals surface area contributed by atoms with Crippen molar-refractivity contribution in [2.45, 2.75) is 30.7 Å². The predicted molar refractivity (Wildman–Crippen MR) is 122 cm³/mol. The van der Waals surface area contributed by atoms with Crippen LogP contribution in [0, 0.1) is 6.92 Å². The second kappa shape index (κ2) is 8.07. The van der Waals surface area contributed by atoms with Crippen LogP contribution in [-0.2, 0) is 38.6 Å². The molecule has 2 aromatic carbocycles. The molecule has 0 N–H and O–H groups in total. The number of benzene rings is 2. The first-order chi connectivity index (χ1) is 15.2. The molecule has 1 aliphatic heterocycles. The highest BCUT2D eigenvalue weighted by atomic mass is 32.2. The monoisotopic (exact) mass is 450 g/mol. The maximum atomic E-state index is 13.7. The first-order valence-electron chi connectivity index (χ1n) is 10.3. The zero-order valence-corrected chi connectivity index (χ0v) is 19.2. The molecule has 0 fully saturated rings. The van der Waals surface area contributed by atoms with E-state index in [1.807, 2.05) is 61.1 Å². The second-order valence-electron chi connectivity index (χ2n) is 8.16. The SMILES string of the molecule is C=C(OC(C)=O)[C@@]1(c2ccccc2)CN(S(=O)(=O)c2ccc(C)cc2)Cc2c1ccn2C. The highest BCUT2D eigenvalue weighted by Crippen LogP contribution is 2.46. The van der Waals surface area contributed by atoms with Crippen molar-refractivity contribution in [1.29, 1.82) is 0 Å². The van der Waals surface area contributed by atoms with Crippen molar-refractivity contribution in [1.82, 2.24) is 8.87 Å². The summed E-state index contributed by atoms with van der Waals surface area (Å²) < 4.78 is 36.3. The average Bonchev–Trinajstić information content (AvgIpc) is 3.14. The number of carbonyl (C=O) groups excluding carboxylic acids is 1. The van der Waals surface area contributed by atoms with Gasteiger partial charge in [0, 0.05) is 32.4 Å². The Morgan fingerprint density at radius 3 is 2.34 bits per heavy atom. The van der Waals surface area contributed by atoms with Crippen LogP contribution >= 0.6 is 0 Å². The molecule has 1 atom stereocenters. The summed E-state index contributed by atoms with van der Waals surface area (Å²) in [5.74, 6) is -0.297. The van der Waals surface area contributed by atoms with Gasteiger partial charge < -0.3 is 9.30 Å². The molecule has 166 valence electrons. The zero-order valence-electron chi connectivity index (χ0n) is 18.4. The molecule has 3 aromatic rings. The molecule has 0 saturated carbocycles. The molecule has 4 rings (SSSR count). The lowest BCUT2D eigenvalue weighted by molar-refractivity contribution is -0.137. The number of hydrogen-bond acceptors (Lipinski definition) is 4. The number of sulfonamides is 1. The number of rotatable bonds is 5. The fourth-order valence-corrected chi connectivity index (χ4v) is 5.81. The number of nitrogens with zero attached hydrogens (tertiary/aromatic N) is 2. The van der Waals surface area contributed by atoms with Crippen LogP contribution in [0.1, 0.15) is 29.3 Å². The van der Waals surface area contributed by atoms with E-state index >= 15 is 0 Å². The lowest BCUT2D eigenvalue weighted by Crippen LogP contribution is -2.50. The van der Waals surface area contributed by atoms with Gasteiger partial charge in [0.05, 0.1) is 16.9 Å². The van der Waals surface area contributed by atoms with Crippen molar-refractivity contribution in [2.75, 3.05) is 6.54 Å². The molecule has 1 aromatic heterocycles. The number of aryl methyl sites for hydroxylation is 2. The van der Waals surface area contributed by atoms with E-state index < -0.39 is 21.4 Å². The number of esters is 1. The minimum atomic E-state index is -3.82. The Morgan fingerprint density at radius 2 is 1.72 bits per heavy atom. The quantitative estimate of drug-likeness (QED) is 0.437. The fraction of sp³-hybridized carbons (Fsp3) is 0.240. The summed E-state index contributed by atoms with van der Waals surface area (Å²) in [6.07, 6.45) is 1.89. The molecular weight excluding hydrogens is 424 g/mol. The van der Waals surface area contributed by atoms with Gasteiger partial charge in [-0.25, -0.2) is 8.42 Å². The summed E-state index contributed by atoms with van der Waals surface area (Å²) in [4.78, 5) is 12.1. The van der Waals surface area contributed by atoms with Crippen LogP contribution in [0.25, 0.3) is 0 Å². The van der Waals surface area contributed by atoms with E-state index in [4.69, 9.17) is 4.74 Å². The van der Waals surface area contributed by atoms with Crippen LogP contribution in [0.3, 0.4) is 0 Å². The van der Waals surface area contributed by atoms with Crippen molar-refractivity contribution in [3.05, 3.63) is 102 Å². The largest absolute Gasteiger partial charge is 0.431 e. The van der Waals surface area contributed by atoms with Crippen molar-refractivity contribution < 1.29 is 17.9 Å². The highest BCUT2D eigenvalue weighted by Gasteiger charge is 2.49. The van der Waals surface area contributed by atoms with E-state index in [1.54, 1.807) is 24.3 Å². The zero-order chi connectivity index (χ0) is 23.1. The summed E-state index contributed by atoms with van der Waals surface area (Å²) in [6.45, 7) is 7.61. The molecule has 0 unspecified atom stereocenters. The number of ether oxygens (including phenoxy) is 1. The summed E-state index contributed by atoms with van der Waals surface area (Å²) >= 11 is 0. The first-order valence-corrected chi connectivity index (χ1v) is 11.7. The maximum Gasteiger partial charge on any atom is 0.307 e. The Morgan fingerprint density at radius 1 is 1.06 bits per heavy atom. The topological polar surface area (TPSA) is 68.6 Å². The fourth-order valence-electron chi connectivity index (χ4n) is 4.38. The number of fused-ring (bicyclic) bond motifs is 1. The van der Waals surface area contributed by atoms with Gasteiger partial charge in [0.15, 0.2) is 0 Å². The average molecular weight is 451 g/mol. The van der Waals surface area contributed by atoms with Crippen LogP contribution in [-0.4, -0.2) is 29.8 Å². The molecule has 32 heavy (non-hydrogen) atoms. The molecule has 0 amide bonds. The van der Waals surface area contributed by atoms with Crippen LogP contribution in [0.15, 0.2) is 84.1 Å². The number of aromatic nitrogens is 1. The van der Waals surface area contributed by atoms with Crippen molar-refractivity contribution >= 4 is 16.0 Å². The minimum Gasteiger partial charge on any atom is -0.431 e. The normalized spacial score (nSPS) is 18.7. The third-order valence-electron chi connectivity index (χ3n) is 6.07. The van der Waals surface area contributed by atoms with Gasteiger partial charge in [-0.05, 0) is 36.2 Å². The Balaban J connectivity index is 1.94. The van der Waals surface area contributed by atoms with E-state index in [1.165, 1.54) is 11.2 Å². The number of hydrogen-bond donors (Lipinski definition) is 0. The Bertz CT molecular complexity index is 1280. The predicted octanol–water partition coefficient (Wildman–Crippen LogP) is 3.90. The van der Waals surface area contributed by atoms with E-state index in [0.29, 0.717) is 0 Å². The van der Waals surface area contributed by atoms with Crippen LogP contribution < -0.4 is 0 Å². The van der Waals surface area contributed by atoms with Crippen LogP contribution in [0.5, 0.6) is 0 Å². The summed E-state index contributed by atoms with van der Waals surface area (Å²) in [5.41, 5.74) is 2.45. The lowest BCUT2D eigenvalue weighted by atomic mass is 9.71. The van der Waals surface area contributed by atoms with Crippen molar-refractivity contribution in [3.8, 4) is 0 Å². The Kier molecular flexibility index (Phi) is 5.56. The summed E-state index contributed by atoms with van der Waals surface area (Å²) in [5, 5.41) is 0. The smallest absolute Gasteiger partial charge is 0.307 e. The molecule has 0 radical (unpaired) electrons. The number of carbonyl (C=O) groups is 1. The van der Waals surface area contributed by atoms with Crippen LogP contribution in [0.4, 0.5) is 0 Å². The van der Waals surface area contributed by atoms with E-state index in [9.17, 15) is 13.2 Å². The van der Waals surface area contributed by atoms with Gasteiger partial charge in [-0.1, -0.05) is 54.6 Å². The molecule has 7 heteroatoms. The third-order valence-corrected chi connectivity index (χ3v) is 7.88. The Hall–Kier alpha value is -3.16. The third kappa shape index (κ3) is 3.57. The maximum absolute atomic E-state index is 13.7. The minimum absolute atomic E-state index is 0.0658. The standard InChI is InChI=1S/C25H26N2O4S/c1-18-10-12-22(13-11-18)32(29,30)27-16-24-23(14-15-26(24)4)25(17-27,19(2)31-20(3)28)21-8-6-5-7-9-21/h5-15H,2,16-17H2,1,3-4H3/t25-/m1/s1. The van der Waals surface area contributed by atoms with E-state index in [0.717, 1.165) is 22.4 Å². The second-order valence-corrected chi connectivity index (χ2v) is 10.1. The van der Waals surface area contributed by atoms with Gasteiger partial charge in [0.2, 0.25) is 10.0 Å². The van der Waals surface area contributed by atoms with Crippen molar-refractivity contribution in [2.24, 2.45) is 7.05 Å². The molecular formula is C25H26N2O4S. The molecule has 0 spiro atoms. The first kappa shape index (κ1) is 22.0. The molecule has 0 aliphatic carbocycles. The van der Waals surface area contributed by atoms with Gasteiger partial charge in [-0.3, -0.25) is 4.79 Å². The lowest BCUT2D eigenvalue weighted by Gasteiger charge is -2.43. The molecule has 2 heterocycles. The van der Waals surface area contributed by atoms with E-state index in [2.05, 4.69) is 6.58 Å².